The van der Waals surface area contributed by atoms with Gasteiger partial charge in [-0.1, -0.05) is 17.8 Å². The van der Waals surface area contributed by atoms with Crippen molar-refractivity contribution in [1.82, 2.24) is 19.4 Å². The van der Waals surface area contributed by atoms with Crippen LogP contribution in [0.4, 0.5) is 5.82 Å². The lowest BCUT2D eigenvalue weighted by atomic mass is 10.1. The van der Waals surface area contributed by atoms with E-state index in [9.17, 15) is 5.11 Å². The van der Waals surface area contributed by atoms with Crippen LogP contribution in [0, 0.1) is 6.92 Å². The number of benzene rings is 3. The molecule has 0 fully saturated rings. The van der Waals surface area contributed by atoms with E-state index in [1.54, 1.807) is 40.2 Å². The highest BCUT2D eigenvalue weighted by Crippen LogP contribution is 2.42. The third kappa shape index (κ3) is 8.04. The van der Waals surface area contributed by atoms with Gasteiger partial charge in [0.05, 0.1) is 44.5 Å². The average molecular weight is 702 g/mol. The normalized spacial score (nSPS) is 11.3. The van der Waals surface area contributed by atoms with E-state index >= 15 is 0 Å². The molecule has 0 unspecified atom stereocenters. The van der Waals surface area contributed by atoms with E-state index < -0.39 is 0 Å². The minimum Gasteiger partial charge on any atom is -0.508 e. The topological polar surface area (TPSA) is 104 Å². The van der Waals surface area contributed by atoms with Crippen LogP contribution in [-0.2, 0) is 38.0 Å². The maximum atomic E-state index is 10.9. The van der Waals surface area contributed by atoms with Gasteiger partial charge < -0.3 is 43.2 Å². The molecular weight excluding hydrogens is 655 g/mol. The summed E-state index contributed by atoms with van der Waals surface area (Å²) in [6, 6.07) is 17.5. The van der Waals surface area contributed by atoms with Gasteiger partial charge in [0, 0.05) is 67.0 Å². The molecule has 0 saturated heterocycles. The van der Waals surface area contributed by atoms with E-state index in [4.69, 9.17) is 33.7 Å². The molecule has 0 saturated carbocycles. The van der Waals surface area contributed by atoms with Gasteiger partial charge in [0.1, 0.15) is 46.7 Å². The summed E-state index contributed by atoms with van der Waals surface area (Å²) in [7, 11) is 12.6. The van der Waals surface area contributed by atoms with Crippen molar-refractivity contribution in [2.75, 3.05) is 54.0 Å². The van der Waals surface area contributed by atoms with Crippen molar-refractivity contribution in [2.24, 2.45) is 7.05 Å². The molecule has 266 valence electrons. The predicted octanol–water partition coefficient (Wildman–Crippen LogP) is 6.97. The molecule has 0 aliphatic carbocycles. The number of aryl methyl sites for hydroxylation is 2. The van der Waals surface area contributed by atoms with Crippen molar-refractivity contribution in [3.8, 4) is 28.7 Å². The number of phenolic OH excluding ortho intramolecular Hbond substituents is 1. The third-order valence-corrected chi connectivity index (χ3v) is 9.61. The van der Waals surface area contributed by atoms with Crippen LogP contribution in [0.3, 0.4) is 0 Å². The van der Waals surface area contributed by atoms with Gasteiger partial charge in [-0.15, -0.1) is 0 Å². The summed E-state index contributed by atoms with van der Waals surface area (Å²) < 4.78 is 30.6. The fourth-order valence-corrected chi connectivity index (χ4v) is 6.91. The van der Waals surface area contributed by atoms with Gasteiger partial charge in [0.2, 0.25) is 0 Å². The van der Waals surface area contributed by atoms with Gasteiger partial charge in [-0.2, -0.15) is 0 Å². The Labute approximate surface area is 298 Å². The van der Waals surface area contributed by atoms with Gasteiger partial charge in [0.15, 0.2) is 5.82 Å². The Morgan fingerprint density at radius 1 is 0.780 bits per heavy atom. The van der Waals surface area contributed by atoms with Crippen LogP contribution in [0.1, 0.15) is 35.1 Å². The fraction of sp³-hybridized carbons (Fsp3) is 0.368. The minimum atomic E-state index is 0.261. The minimum absolute atomic E-state index is 0.261. The summed E-state index contributed by atoms with van der Waals surface area (Å²) in [4.78, 5) is 16.5. The fourth-order valence-electron chi connectivity index (χ4n) is 5.84. The summed E-state index contributed by atoms with van der Waals surface area (Å²) in [5, 5.41) is 10.9. The predicted molar refractivity (Wildman–Crippen MR) is 197 cm³/mol. The van der Waals surface area contributed by atoms with Gasteiger partial charge in [-0.05, 0) is 64.3 Å². The Bertz CT molecular complexity index is 1890. The number of imidazole rings is 1. The van der Waals surface area contributed by atoms with Gasteiger partial charge >= 0.3 is 0 Å². The molecule has 0 spiro atoms. The number of phenols is 1. The van der Waals surface area contributed by atoms with Crippen molar-refractivity contribution < 1.29 is 28.8 Å². The zero-order valence-corrected chi connectivity index (χ0v) is 31.2. The van der Waals surface area contributed by atoms with Crippen LogP contribution in [0.5, 0.6) is 28.7 Å². The van der Waals surface area contributed by atoms with Crippen molar-refractivity contribution in [2.45, 2.75) is 49.9 Å². The Morgan fingerprint density at radius 3 is 1.90 bits per heavy atom. The van der Waals surface area contributed by atoms with E-state index in [1.165, 1.54) is 0 Å². The zero-order chi connectivity index (χ0) is 35.9. The lowest BCUT2D eigenvalue weighted by Crippen LogP contribution is -2.24. The number of aromatic hydroxyl groups is 1. The number of nitrogens with zero attached hydrogens (tertiary/aromatic N) is 5. The van der Waals surface area contributed by atoms with Crippen LogP contribution >= 0.6 is 11.8 Å². The van der Waals surface area contributed by atoms with Crippen molar-refractivity contribution in [3.63, 3.8) is 0 Å². The molecular formula is C38H47N5O6S. The van der Waals surface area contributed by atoms with Crippen LogP contribution in [-0.4, -0.2) is 73.7 Å². The molecule has 11 nitrogen and oxygen atoms in total. The zero-order valence-electron chi connectivity index (χ0n) is 30.4. The van der Waals surface area contributed by atoms with Gasteiger partial charge in [-0.3, -0.25) is 0 Å². The SMILES string of the molecule is CCOCc1nc2c(N(Cc3ccc(OC)cc3OC)Cc3ccc(OC)cc3OC)nc(C)c(Sc3ccc(CN(C)C)c(O)c3)c2n1C. The van der Waals surface area contributed by atoms with E-state index in [-0.39, 0.29) is 5.75 Å². The van der Waals surface area contributed by atoms with Crippen molar-refractivity contribution >= 4 is 28.6 Å². The summed E-state index contributed by atoms with van der Waals surface area (Å²) in [5.41, 5.74) is 5.26. The molecule has 2 heterocycles. The molecule has 5 aromatic rings. The van der Waals surface area contributed by atoms with Crippen molar-refractivity contribution in [3.05, 3.63) is 82.8 Å². The molecule has 0 atom stereocenters. The number of hydrogen-bond donors (Lipinski definition) is 1. The smallest absolute Gasteiger partial charge is 0.157 e. The number of pyridine rings is 1. The monoisotopic (exact) mass is 701 g/mol. The second-order valence-corrected chi connectivity index (χ2v) is 13.2. The molecule has 1 N–H and O–H groups in total. The quantitative estimate of drug-likeness (QED) is 0.115. The molecule has 0 aliphatic rings. The highest BCUT2D eigenvalue weighted by molar-refractivity contribution is 7.99. The summed E-state index contributed by atoms with van der Waals surface area (Å²) in [6.45, 7) is 6.45. The highest BCUT2D eigenvalue weighted by Gasteiger charge is 2.25. The van der Waals surface area contributed by atoms with Crippen molar-refractivity contribution in [1.29, 1.82) is 0 Å². The first kappa shape index (κ1) is 36.6. The van der Waals surface area contributed by atoms with Crippen LogP contribution < -0.4 is 23.8 Å². The number of hydrogen-bond acceptors (Lipinski definition) is 11. The van der Waals surface area contributed by atoms with E-state index in [0.717, 1.165) is 49.0 Å². The molecule has 5 rings (SSSR count). The number of aromatic nitrogens is 3. The van der Waals surface area contributed by atoms with Crippen LogP contribution in [0.2, 0.25) is 0 Å². The van der Waals surface area contributed by atoms with E-state index in [1.807, 2.05) is 94.5 Å². The van der Waals surface area contributed by atoms with Crippen LogP contribution in [0.25, 0.3) is 11.0 Å². The van der Waals surface area contributed by atoms with E-state index in [2.05, 4.69) is 9.47 Å². The molecule has 12 heteroatoms. The Morgan fingerprint density at radius 2 is 1.38 bits per heavy atom. The molecule has 0 aliphatic heterocycles. The second-order valence-electron chi connectivity index (χ2n) is 12.1. The summed E-state index contributed by atoms with van der Waals surface area (Å²) >= 11 is 1.56. The molecule has 2 aromatic heterocycles. The number of rotatable bonds is 16. The first-order valence-corrected chi connectivity index (χ1v) is 17.2. The largest absolute Gasteiger partial charge is 0.508 e. The second kappa shape index (κ2) is 16.4. The molecule has 0 bridgehead atoms. The van der Waals surface area contributed by atoms with Gasteiger partial charge in [0.25, 0.3) is 0 Å². The number of methoxy groups -OCH3 is 4. The lowest BCUT2D eigenvalue weighted by molar-refractivity contribution is 0.126. The van der Waals surface area contributed by atoms with Gasteiger partial charge in [-0.25, -0.2) is 9.97 Å². The molecule has 3 aromatic carbocycles. The Balaban J connectivity index is 1.69. The average Bonchev–Trinajstić information content (AvgIpc) is 3.44. The first-order chi connectivity index (χ1) is 24.1. The Hall–Kier alpha value is -4.65. The number of ether oxygens (including phenoxy) is 5. The first-order valence-electron chi connectivity index (χ1n) is 16.3. The number of anilines is 1. The maximum Gasteiger partial charge on any atom is 0.157 e. The number of fused-ring (bicyclic) bond motifs is 1. The summed E-state index contributed by atoms with van der Waals surface area (Å²) in [5.74, 6) is 4.57. The molecule has 0 radical (unpaired) electrons. The highest BCUT2D eigenvalue weighted by atomic mass is 32.2. The summed E-state index contributed by atoms with van der Waals surface area (Å²) in [6.07, 6.45) is 0. The third-order valence-electron chi connectivity index (χ3n) is 8.43. The standard InChI is InChI=1S/C38H47N5O6S/c1-10-49-23-34-40-35-36(42(34)5)37(50-30-16-13-25(20-41(3)4)31(44)19-30)24(2)39-38(35)43(21-26-11-14-28(45-6)17-32(26)47-8)22-27-12-15-29(46-7)18-33(27)48-9/h11-19,44H,10,20-23H2,1-9H3. The maximum absolute atomic E-state index is 10.9. The van der Waals surface area contributed by atoms with E-state index in [0.29, 0.717) is 61.7 Å². The lowest BCUT2D eigenvalue weighted by Gasteiger charge is -2.27. The molecule has 0 amide bonds. The molecule has 50 heavy (non-hydrogen) atoms. The van der Waals surface area contributed by atoms with Crippen LogP contribution in [0.15, 0.2) is 64.4 Å². The Kier molecular flexibility index (Phi) is 12.0.